The molecular formula is C14H18ClNO. The normalized spacial score (nSPS) is 24.4. The van der Waals surface area contributed by atoms with Crippen LogP contribution in [-0.2, 0) is 4.79 Å². The van der Waals surface area contributed by atoms with E-state index in [4.69, 9.17) is 11.6 Å². The van der Waals surface area contributed by atoms with Gasteiger partial charge in [-0.25, -0.2) is 0 Å². The highest BCUT2D eigenvalue weighted by molar-refractivity contribution is 6.30. The van der Waals surface area contributed by atoms with Crippen LogP contribution in [0.15, 0.2) is 24.3 Å². The number of nitrogens with one attached hydrogen (secondary N) is 1. The van der Waals surface area contributed by atoms with E-state index in [1.807, 2.05) is 12.1 Å². The average molecular weight is 252 g/mol. The monoisotopic (exact) mass is 251 g/mol. The highest BCUT2D eigenvalue weighted by Crippen LogP contribution is 2.33. The minimum absolute atomic E-state index is 0.0757. The number of carbonyl (C=O) groups excluding carboxylic acids is 1. The van der Waals surface area contributed by atoms with Gasteiger partial charge in [0.05, 0.1) is 0 Å². The number of amides is 1. The highest BCUT2D eigenvalue weighted by atomic mass is 35.5. The molecule has 3 heteroatoms. The lowest BCUT2D eigenvalue weighted by Gasteiger charge is -2.29. The lowest BCUT2D eigenvalue weighted by Crippen LogP contribution is -2.36. The lowest BCUT2D eigenvalue weighted by molar-refractivity contribution is -0.119. The molecule has 0 saturated heterocycles. The molecule has 2 rings (SSSR count). The van der Waals surface area contributed by atoms with E-state index >= 15 is 0 Å². The Morgan fingerprint density at radius 1 is 1.29 bits per heavy atom. The number of hydrogen-bond acceptors (Lipinski definition) is 1. The van der Waals surface area contributed by atoms with E-state index in [0.29, 0.717) is 12.0 Å². The first-order valence-electron chi connectivity index (χ1n) is 6.17. The Labute approximate surface area is 107 Å². The second kappa shape index (κ2) is 5.54. The summed E-state index contributed by atoms with van der Waals surface area (Å²) in [4.78, 5) is 11.1. The summed E-state index contributed by atoms with van der Waals surface area (Å²) >= 11 is 5.89. The van der Waals surface area contributed by atoms with Crippen LogP contribution < -0.4 is 5.32 Å². The maximum atomic E-state index is 11.1. The molecule has 0 spiro atoms. The third-order valence-electron chi connectivity index (χ3n) is 3.42. The van der Waals surface area contributed by atoms with Crippen molar-refractivity contribution in [2.45, 2.75) is 44.6 Å². The summed E-state index contributed by atoms with van der Waals surface area (Å²) in [6, 6.07) is 8.42. The first-order valence-corrected chi connectivity index (χ1v) is 6.55. The molecule has 1 aliphatic rings. The molecule has 1 aromatic carbocycles. The second-order valence-electron chi connectivity index (χ2n) is 4.81. The zero-order valence-electron chi connectivity index (χ0n) is 10.1. The smallest absolute Gasteiger partial charge is 0.217 e. The fourth-order valence-corrected chi connectivity index (χ4v) is 2.77. The van der Waals surface area contributed by atoms with Gasteiger partial charge in [-0.1, -0.05) is 30.2 Å². The summed E-state index contributed by atoms with van der Waals surface area (Å²) in [7, 11) is 0. The van der Waals surface area contributed by atoms with Gasteiger partial charge in [-0.15, -0.1) is 0 Å². The minimum atomic E-state index is 0.0757. The van der Waals surface area contributed by atoms with Crippen LogP contribution in [0, 0.1) is 0 Å². The summed E-state index contributed by atoms with van der Waals surface area (Å²) in [6.07, 6.45) is 4.53. The SMILES string of the molecule is CC(=O)N[C@H]1CCC[C@@H](c2ccc(Cl)cc2)C1. The first-order chi connectivity index (χ1) is 8.15. The molecule has 0 aromatic heterocycles. The highest BCUT2D eigenvalue weighted by Gasteiger charge is 2.23. The Balaban J connectivity index is 2.01. The van der Waals surface area contributed by atoms with Crippen LogP contribution in [0.25, 0.3) is 0 Å². The molecule has 0 aliphatic heterocycles. The summed E-state index contributed by atoms with van der Waals surface area (Å²) in [5.41, 5.74) is 1.34. The van der Waals surface area contributed by atoms with E-state index in [1.165, 1.54) is 18.4 Å². The molecule has 2 nitrogen and oxygen atoms in total. The molecule has 0 heterocycles. The lowest BCUT2D eigenvalue weighted by atomic mass is 9.81. The molecule has 1 aromatic rings. The van der Waals surface area contributed by atoms with Gasteiger partial charge in [-0.3, -0.25) is 4.79 Å². The zero-order chi connectivity index (χ0) is 12.3. The number of carbonyl (C=O) groups is 1. The average Bonchev–Trinajstić information content (AvgIpc) is 2.29. The van der Waals surface area contributed by atoms with Crippen LogP contribution >= 0.6 is 11.6 Å². The fourth-order valence-electron chi connectivity index (χ4n) is 2.65. The molecule has 0 unspecified atom stereocenters. The fraction of sp³-hybridized carbons (Fsp3) is 0.500. The molecule has 1 N–H and O–H groups in total. The minimum Gasteiger partial charge on any atom is -0.354 e. The molecule has 17 heavy (non-hydrogen) atoms. The Morgan fingerprint density at radius 2 is 2.00 bits per heavy atom. The topological polar surface area (TPSA) is 29.1 Å². The summed E-state index contributed by atoms with van der Waals surface area (Å²) < 4.78 is 0. The predicted molar refractivity (Wildman–Crippen MR) is 70.3 cm³/mol. The Hall–Kier alpha value is -1.02. The number of rotatable bonds is 2. The van der Waals surface area contributed by atoms with Crippen LogP contribution in [-0.4, -0.2) is 11.9 Å². The first kappa shape index (κ1) is 12.4. The van der Waals surface area contributed by atoms with E-state index in [0.717, 1.165) is 17.9 Å². The van der Waals surface area contributed by atoms with E-state index in [9.17, 15) is 4.79 Å². The summed E-state index contributed by atoms with van der Waals surface area (Å²) in [6.45, 7) is 1.59. The van der Waals surface area contributed by atoms with Crippen molar-refractivity contribution in [2.75, 3.05) is 0 Å². The molecule has 92 valence electrons. The molecule has 1 fully saturated rings. The molecule has 1 aliphatic carbocycles. The van der Waals surface area contributed by atoms with Crippen molar-refractivity contribution in [1.29, 1.82) is 0 Å². The van der Waals surface area contributed by atoms with E-state index in [1.54, 1.807) is 6.92 Å². The molecule has 0 bridgehead atoms. The van der Waals surface area contributed by atoms with Crippen LogP contribution in [0.2, 0.25) is 5.02 Å². The Bertz CT molecular complexity index is 388. The number of halogens is 1. The largest absolute Gasteiger partial charge is 0.354 e. The molecular weight excluding hydrogens is 234 g/mol. The molecule has 0 radical (unpaired) electrons. The zero-order valence-corrected chi connectivity index (χ0v) is 10.8. The Kier molecular flexibility index (Phi) is 4.06. The van der Waals surface area contributed by atoms with Crippen molar-refractivity contribution >= 4 is 17.5 Å². The Morgan fingerprint density at radius 3 is 2.65 bits per heavy atom. The van der Waals surface area contributed by atoms with Gasteiger partial charge in [0, 0.05) is 18.0 Å². The van der Waals surface area contributed by atoms with Crippen LogP contribution in [0.3, 0.4) is 0 Å². The number of benzene rings is 1. The number of hydrogen-bond donors (Lipinski definition) is 1. The van der Waals surface area contributed by atoms with Crippen molar-refractivity contribution in [2.24, 2.45) is 0 Å². The van der Waals surface area contributed by atoms with Crippen molar-refractivity contribution < 1.29 is 4.79 Å². The van der Waals surface area contributed by atoms with Crippen LogP contribution in [0.4, 0.5) is 0 Å². The quantitative estimate of drug-likeness (QED) is 0.856. The van der Waals surface area contributed by atoms with Gasteiger partial charge in [0.2, 0.25) is 5.91 Å². The maximum Gasteiger partial charge on any atom is 0.217 e. The van der Waals surface area contributed by atoms with Gasteiger partial charge in [-0.2, -0.15) is 0 Å². The van der Waals surface area contributed by atoms with Gasteiger partial charge in [0.15, 0.2) is 0 Å². The van der Waals surface area contributed by atoms with Gasteiger partial charge < -0.3 is 5.32 Å². The standard InChI is InChI=1S/C14H18ClNO/c1-10(17)16-14-4-2-3-12(9-14)11-5-7-13(15)8-6-11/h5-8,12,14H,2-4,9H2,1H3,(H,16,17)/t12-,14+/m1/s1. The third-order valence-corrected chi connectivity index (χ3v) is 3.67. The van der Waals surface area contributed by atoms with Gasteiger partial charge in [-0.05, 0) is 42.9 Å². The van der Waals surface area contributed by atoms with E-state index in [-0.39, 0.29) is 5.91 Å². The van der Waals surface area contributed by atoms with Gasteiger partial charge >= 0.3 is 0 Å². The van der Waals surface area contributed by atoms with E-state index < -0.39 is 0 Å². The summed E-state index contributed by atoms with van der Waals surface area (Å²) in [5.74, 6) is 0.629. The molecule has 2 atom stereocenters. The second-order valence-corrected chi connectivity index (χ2v) is 5.25. The van der Waals surface area contributed by atoms with Gasteiger partial charge in [0.1, 0.15) is 0 Å². The predicted octanol–water partition coefficient (Wildman–Crippen LogP) is 3.50. The summed E-state index contributed by atoms with van der Waals surface area (Å²) in [5, 5.41) is 3.81. The van der Waals surface area contributed by atoms with Crippen LogP contribution in [0.5, 0.6) is 0 Å². The molecule has 1 amide bonds. The van der Waals surface area contributed by atoms with Crippen molar-refractivity contribution in [3.63, 3.8) is 0 Å². The molecule has 1 saturated carbocycles. The third kappa shape index (κ3) is 3.47. The van der Waals surface area contributed by atoms with Crippen molar-refractivity contribution in [3.8, 4) is 0 Å². The van der Waals surface area contributed by atoms with Crippen LogP contribution in [0.1, 0.15) is 44.1 Å². The van der Waals surface area contributed by atoms with Gasteiger partial charge in [0.25, 0.3) is 0 Å². The maximum absolute atomic E-state index is 11.1. The van der Waals surface area contributed by atoms with Crippen molar-refractivity contribution in [3.05, 3.63) is 34.9 Å². The van der Waals surface area contributed by atoms with E-state index in [2.05, 4.69) is 17.4 Å². The van der Waals surface area contributed by atoms with Crippen molar-refractivity contribution in [1.82, 2.24) is 5.32 Å².